The third-order valence-electron chi connectivity index (χ3n) is 3.89. The van der Waals surface area contributed by atoms with Crippen LogP contribution in [0.1, 0.15) is 53.9 Å². The summed E-state index contributed by atoms with van der Waals surface area (Å²) in [6, 6.07) is 0. The predicted molar refractivity (Wildman–Crippen MR) is 77.3 cm³/mol. The third kappa shape index (κ3) is 3.55. The predicted octanol–water partition coefficient (Wildman–Crippen LogP) is 5.00. The van der Waals surface area contributed by atoms with Crippen molar-refractivity contribution < 1.29 is 0 Å². The molecule has 2 atom stereocenters. The highest BCUT2D eigenvalue weighted by atomic mass is 14.7. The Labute approximate surface area is 107 Å². The lowest BCUT2D eigenvalue weighted by Crippen LogP contribution is -2.26. The summed E-state index contributed by atoms with van der Waals surface area (Å²) in [5, 5.41) is 0. The Kier molecular flexibility index (Phi) is 5.17. The van der Waals surface area contributed by atoms with Crippen molar-refractivity contribution in [2.75, 3.05) is 0 Å². The maximum atomic E-state index is 4.53. The molecular weight excluding hydrogens is 206 g/mol. The van der Waals surface area contributed by atoms with E-state index in [1.807, 2.05) is 6.20 Å². The van der Waals surface area contributed by atoms with Crippen LogP contribution in [-0.4, -0.2) is 6.21 Å². The molecule has 0 bridgehead atoms. The van der Waals surface area contributed by atoms with Crippen LogP contribution in [0, 0.1) is 17.3 Å². The average Bonchev–Trinajstić information content (AvgIpc) is 2.49. The summed E-state index contributed by atoms with van der Waals surface area (Å²) in [5.74, 6) is 1.25. The standard InChI is InChI=1S/C16H27N/c1-6-8-15(7-2)16(5)10-9-14(13(3)4)11-17-12-16/h9-13,15H,6-8H2,1-5H3. The Morgan fingerprint density at radius 1 is 1.29 bits per heavy atom. The van der Waals surface area contributed by atoms with Crippen molar-refractivity contribution >= 4 is 6.21 Å². The van der Waals surface area contributed by atoms with E-state index < -0.39 is 0 Å². The first-order chi connectivity index (χ1) is 8.03. The van der Waals surface area contributed by atoms with Crippen LogP contribution in [0.5, 0.6) is 0 Å². The molecule has 0 N–H and O–H groups in total. The van der Waals surface area contributed by atoms with Gasteiger partial charge in [0, 0.05) is 17.8 Å². The van der Waals surface area contributed by atoms with Crippen molar-refractivity contribution in [3.8, 4) is 0 Å². The summed E-state index contributed by atoms with van der Waals surface area (Å²) >= 11 is 0. The number of rotatable bonds is 5. The first kappa shape index (κ1) is 14.2. The van der Waals surface area contributed by atoms with Gasteiger partial charge in [-0.25, -0.2) is 0 Å². The molecule has 0 radical (unpaired) electrons. The van der Waals surface area contributed by atoms with E-state index >= 15 is 0 Å². The minimum atomic E-state index is 0.123. The van der Waals surface area contributed by atoms with Gasteiger partial charge in [0.15, 0.2) is 0 Å². The van der Waals surface area contributed by atoms with Crippen molar-refractivity contribution in [1.29, 1.82) is 0 Å². The molecule has 0 aliphatic carbocycles. The molecule has 0 aromatic heterocycles. The van der Waals surface area contributed by atoms with Crippen molar-refractivity contribution in [3.05, 3.63) is 23.9 Å². The van der Waals surface area contributed by atoms with Crippen LogP contribution in [0.3, 0.4) is 0 Å². The van der Waals surface area contributed by atoms with Crippen LogP contribution < -0.4 is 0 Å². The molecule has 1 heteroatoms. The molecule has 0 aromatic rings. The normalized spacial score (nSPS) is 25.9. The zero-order chi connectivity index (χ0) is 12.9. The quantitative estimate of drug-likeness (QED) is 0.633. The summed E-state index contributed by atoms with van der Waals surface area (Å²) in [6.45, 7) is 11.3. The van der Waals surface area contributed by atoms with Crippen LogP contribution in [0.2, 0.25) is 0 Å². The highest BCUT2D eigenvalue weighted by molar-refractivity contribution is 5.70. The lowest BCUT2D eigenvalue weighted by atomic mass is 9.74. The zero-order valence-corrected chi connectivity index (χ0v) is 12.0. The van der Waals surface area contributed by atoms with Gasteiger partial charge < -0.3 is 0 Å². The van der Waals surface area contributed by atoms with Gasteiger partial charge in [0.25, 0.3) is 0 Å². The lowest BCUT2D eigenvalue weighted by molar-refractivity contribution is 0.321. The van der Waals surface area contributed by atoms with Gasteiger partial charge in [0.05, 0.1) is 0 Å². The second kappa shape index (κ2) is 6.18. The maximum absolute atomic E-state index is 4.53. The summed E-state index contributed by atoms with van der Waals surface area (Å²) in [6.07, 6.45) is 12.5. The molecule has 0 saturated heterocycles. The van der Waals surface area contributed by atoms with E-state index in [9.17, 15) is 0 Å². The van der Waals surface area contributed by atoms with Gasteiger partial charge in [-0.1, -0.05) is 59.6 Å². The van der Waals surface area contributed by atoms with Gasteiger partial charge in [0.1, 0.15) is 0 Å². The maximum Gasteiger partial charge on any atom is 0.0298 e. The second-order valence-corrected chi connectivity index (χ2v) is 5.66. The Morgan fingerprint density at radius 2 is 2.00 bits per heavy atom. The van der Waals surface area contributed by atoms with Crippen molar-refractivity contribution in [1.82, 2.24) is 0 Å². The molecule has 0 saturated carbocycles. The Morgan fingerprint density at radius 3 is 2.53 bits per heavy atom. The average molecular weight is 233 g/mol. The van der Waals surface area contributed by atoms with E-state index in [1.54, 1.807) is 0 Å². The molecule has 2 unspecified atom stereocenters. The minimum absolute atomic E-state index is 0.123. The second-order valence-electron chi connectivity index (χ2n) is 5.66. The highest BCUT2D eigenvalue weighted by Gasteiger charge is 2.28. The molecule has 0 aromatic carbocycles. The summed E-state index contributed by atoms with van der Waals surface area (Å²) in [5.41, 5.74) is 1.45. The summed E-state index contributed by atoms with van der Waals surface area (Å²) in [7, 11) is 0. The van der Waals surface area contributed by atoms with Gasteiger partial charge in [0.2, 0.25) is 0 Å². The molecule has 17 heavy (non-hydrogen) atoms. The van der Waals surface area contributed by atoms with E-state index in [2.05, 4.69) is 58.0 Å². The van der Waals surface area contributed by atoms with Gasteiger partial charge in [-0.2, -0.15) is 0 Å². The van der Waals surface area contributed by atoms with E-state index in [-0.39, 0.29) is 5.41 Å². The van der Waals surface area contributed by atoms with Crippen molar-refractivity contribution in [2.45, 2.75) is 53.9 Å². The zero-order valence-electron chi connectivity index (χ0n) is 12.0. The number of aliphatic imine (C=N–C) groups is 1. The molecule has 1 heterocycles. The molecule has 1 aliphatic heterocycles. The van der Waals surface area contributed by atoms with E-state index in [0.717, 1.165) is 0 Å². The first-order valence-corrected chi connectivity index (χ1v) is 6.97. The molecule has 1 aliphatic rings. The molecule has 1 nitrogen and oxygen atoms in total. The number of allylic oxidation sites excluding steroid dienone is 3. The van der Waals surface area contributed by atoms with Crippen LogP contribution >= 0.6 is 0 Å². The van der Waals surface area contributed by atoms with Crippen LogP contribution in [-0.2, 0) is 0 Å². The van der Waals surface area contributed by atoms with E-state index in [1.165, 1.54) is 24.8 Å². The number of hydrogen-bond acceptors (Lipinski definition) is 1. The number of hydrogen-bond donors (Lipinski definition) is 0. The summed E-state index contributed by atoms with van der Waals surface area (Å²) < 4.78 is 0. The molecule has 0 fully saturated rings. The van der Waals surface area contributed by atoms with Crippen LogP contribution in [0.25, 0.3) is 0 Å². The monoisotopic (exact) mass is 233 g/mol. The van der Waals surface area contributed by atoms with Crippen molar-refractivity contribution in [2.24, 2.45) is 22.2 Å². The number of nitrogens with zero attached hydrogens (tertiary/aromatic N) is 1. The van der Waals surface area contributed by atoms with Gasteiger partial charge in [-0.15, -0.1) is 0 Å². The Bertz CT molecular complexity index is 322. The smallest absolute Gasteiger partial charge is 0.0298 e. The van der Waals surface area contributed by atoms with Gasteiger partial charge in [-0.3, -0.25) is 4.99 Å². The molecule has 96 valence electrons. The van der Waals surface area contributed by atoms with Crippen molar-refractivity contribution in [3.63, 3.8) is 0 Å². The molecule has 1 rings (SSSR count). The largest absolute Gasteiger partial charge is 0.268 e. The lowest BCUT2D eigenvalue weighted by Gasteiger charge is -2.30. The van der Waals surface area contributed by atoms with Gasteiger partial charge in [-0.05, 0) is 23.8 Å². The summed E-state index contributed by atoms with van der Waals surface area (Å²) in [4.78, 5) is 4.53. The molecular formula is C16H27N. The molecule has 0 amide bonds. The van der Waals surface area contributed by atoms with E-state index in [0.29, 0.717) is 11.8 Å². The first-order valence-electron chi connectivity index (χ1n) is 6.97. The molecule has 0 spiro atoms. The minimum Gasteiger partial charge on any atom is -0.268 e. The van der Waals surface area contributed by atoms with Crippen LogP contribution in [0.4, 0.5) is 0 Å². The fourth-order valence-corrected chi connectivity index (χ4v) is 2.53. The SMILES string of the molecule is CCCC(CC)C1(C)C=CC(C(C)C)=CN=C1. The Balaban J connectivity index is 2.90. The highest BCUT2D eigenvalue weighted by Crippen LogP contribution is 2.35. The topological polar surface area (TPSA) is 12.4 Å². The van der Waals surface area contributed by atoms with Crippen LogP contribution in [0.15, 0.2) is 28.9 Å². The third-order valence-corrected chi connectivity index (χ3v) is 3.89. The van der Waals surface area contributed by atoms with Gasteiger partial charge >= 0.3 is 0 Å². The van der Waals surface area contributed by atoms with E-state index in [4.69, 9.17) is 0 Å². The fraction of sp³-hybridized carbons (Fsp3) is 0.688. The fourth-order valence-electron chi connectivity index (χ4n) is 2.53. The Hall–Kier alpha value is -0.850.